The normalized spacial score (nSPS) is 10.5. The van der Waals surface area contributed by atoms with Crippen molar-refractivity contribution < 1.29 is 14.3 Å². The number of nitrogens with zero attached hydrogens (tertiary/aromatic N) is 2. The zero-order valence-electron chi connectivity index (χ0n) is 16.1. The Balaban J connectivity index is 1.59. The van der Waals surface area contributed by atoms with Crippen LogP contribution in [0.5, 0.6) is 11.5 Å². The molecule has 0 spiro atoms. The van der Waals surface area contributed by atoms with Crippen LogP contribution in [0.4, 0.5) is 0 Å². The smallest absolute Gasteiger partial charge is 0.230 e. The van der Waals surface area contributed by atoms with E-state index in [0.29, 0.717) is 18.0 Å². The minimum Gasteiger partial charge on any atom is -0.497 e. The van der Waals surface area contributed by atoms with Crippen molar-refractivity contribution in [1.82, 2.24) is 14.9 Å². The zero-order chi connectivity index (χ0) is 19.9. The standard InChI is InChI=1S/C21H23N3O3S/c1-15-6-4-5-7-18(15)24-11-10-22-21(24)28-14-20(25)23-13-16-8-9-17(26-2)12-19(16)27-3/h4-12H,13-14H2,1-3H3,(H,23,25). The molecule has 146 valence electrons. The van der Waals surface area contributed by atoms with Crippen LogP contribution in [0, 0.1) is 6.92 Å². The molecule has 0 saturated carbocycles. The van der Waals surface area contributed by atoms with Gasteiger partial charge in [-0.3, -0.25) is 9.36 Å². The Morgan fingerprint density at radius 3 is 2.75 bits per heavy atom. The second-order valence-electron chi connectivity index (χ2n) is 6.11. The Morgan fingerprint density at radius 2 is 2.00 bits per heavy atom. The summed E-state index contributed by atoms with van der Waals surface area (Å²) in [6.07, 6.45) is 3.65. The van der Waals surface area contributed by atoms with E-state index in [1.807, 2.05) is 41.1 Å². The van der Waals surface area contributed by atoms with Gasteiger partial charge in [-0.05, 0) is 30.7 Å². The third-order valence-corrected chi connectivity index (χ3v) is 5.25. The molecule has 0 aliphatic heterocycles. The van der Waals surface area contributed by atoms with Gasteiger partial charge in [-0.1, -0.05) is 30.0 Å². The first-order chi connectivity index (χ1) is 13.6. The number of carbonyl (C=O) groups excluding carboxylic acids is 1. The summed E-state index contributed by atoms with van der Waals surface area (Å²) in [5.41, 5.74) is 3.10. The maximum absolute atomic E-state index is 12.3. The highest BCUT2D eigenvalue weighted by Crippen LogP contribution is 2.25. The van der Waals surface area contributed by atoms with Crippen molar-refractivity contribution in [2.45, 2.75) is 18.6 Å². The van der Waals surface area contributed by atoms with E-state index in [1.54, 1.807) is 26.5 Å². The molecule has 1 amide bonds. The molecular weight excluding hydrogens is 374 g/mol. The van der Waals surface area contributed by atoms with Crippen molar-refractivity contribution >= 4 is 17.7 Å². The lowest BCUT2D eigenvalue weighted by Gasteiger charge is -2.12. The fourth-order valence-electron chi connectivity index (χ4n) is 2.79. The second kappa shape index (κ2) is 9.32. The van der Waals surface area contributed by atoms with Crippen LogP contribution >= 0.6 is 11.8 Å². The minimum absolute atomic E-state index is 0.0674. The van der Waals surface area contributed by atoms with Crippen molar-refractivity contribution in [3.05, 3.63) is 66.0 Å². The number of para-hydroxylation sites is 1. The van der Waals surface area contributed by atoms with Gasteiger partial charge in [0.2, 0.25) is 5.91 Å². The fraction of sp³-hybridized carbons (Fsp3) is 0.238. The van der Waals surface area contributed by atoms with E-state index in [9.17, 15) is 4.79 Å². The molecule has 1 aromatic heterocycles. The molecule has 1 heterocycles. The van der Waals surface area contributed by atoms with E-state index < -0.39 is 0 Å². The highest BCUT2D eigenvalue weighted by atomic mass is 32.2. The number of ether oxygens (including phenoxy) is 2. The predicted molar refractivity (Wildman–Crippen MR) is 110 cm³/mol. The molecule has 0 bridgehead atoms. The summed E-state index contributed by atoms with van der Waals surface area (Å²) >= 11 is 1.41. The average Bonchev–Trinajstić information content (AvgIpc) is 3.19. The largest absolute Gasteiger partial charge is 0.497 e. The van der Waals surface area contributed by atoms with Crippen molar-refractivity contribution in [1.29, 1.82) is 0 Å². The first-order valence-electron chi connectivity index (χ1n) is 8.82. The number of hydrogen-bond acceptors (Lipinski definition) is 5. The molecule has 2 aromatic carbocycles. The maximum Gasteiger partial charge on any atom is 0.230 e. The summed E-state index contributed by atoms with van der Waals surface area (Å²) in [4.78, 5) is 16.7. The molecule has 0 radical (unpaired) electrons. The number of aryl methyl sites for hydroxylation is 1. The zero-order valence-corrected chi connectivity index (χ0v) is 17.0. The van der Waals surface area contributed by atoms with Crippen LogP contribution in [0.2, 0.25) is 0 Å². The molecule has 1 N–H and O–H groups in total. The molecule has 0 unspecified atom stereocenters. The van der Waals surface area contributed by atoms with Crippen LogP contribution in [0.3, 0.4) is 0 Å². The predicted octanol–water partition coefficient (Wildman–Crippen LogP) is 3.61. The number of thioether (sulfide) groups is 1. The number of hydrogen-bond donors (Lipinski definition) is 1. The molecule has 7 heteroatoms. The van der Waals surface area contributed by atoms with Gasteiger partial charge in [0, 0.05) is 30.6 Å². The first kappa shape index (κ1) is 19.8. The Morgan fingerprint density at radius 1 is 1.18 bits per heavy atom. The molecule has 6 nitrogen and oxygen atoms in total. The molecule has 0 saturated heterocycles. The Labute approximate surface area is 168 Å². The Hall–Kier alpha value is -2.93. The lowest BCUT2D eigenvalue weighted by atomic mass is 10.2. The van der Waals surface area contributed by atoms with Gasteiger partial charge in [-0.25, -0.2) is 4.98 Å². The number of amides is 1. The van der Waals surface area contributed by atoms with E-state index >= 15 is 0 Å². The van der Waals surface area contributed by atoms with Crippen molar-refractivity contribution in [2.75, 3.05) is 20.0 Å². The van der Waals surface area contributed by atoms with Gasteiger partial charge in [0.25, 0.3) is 0 Å². The van der Waals surface area contributed by atoms with Crippen LogP contribution < -0.4 is 14.8 Å². The summed E-state index contributed by atoms with van der Waals surface area (Å²) in [5, 5.41) is 3.71. The third-order valence-electron chi connectivity index (χ3n) is 4.28. The van der Waals surface area contributed by atoms with E-state index in [0.717, 1.165) is 22.0 Å². The molecular formula is C21H23N3O3S. The van der Waals surface area contributed by atoms with Gasteiger partial charge in [0.1, 0.15) is 11.5 Å². The summed E-state index contributed by atoms with van der Waals surface area (Å²) in [6.45, 7) is 2.44. The van der Waals surface area contributed by atoms with E-state index in [-0.39, 0.29) is 11.7 Å². The number of carbonyl (C=O) groups is 1. The molecule has 3 aromatic rings. The highest BCUT2D eigenvalue weighted by Gasteiger charge is 2.11. The van der Waals surface area contributed by atoms with Crippen LogP contribution in [-0.2, 0) is 11.3 Å². The Bertz CT molecular complexity index is 956. The van der Waals surface area contributed by atoms with Gasteiger partial charge in [0.15, 0.2) is 5.16 Å². The minimum atomic E-state index is -0.0674. The quantitative estimate of drug-likeness (QED) is 0.588. The fourth-order valence-corrected chi connectivity index (χ4v) is 3.58. The lowest BCUT2D eigenvalue weighted by Crippen LogP contribution is -2.25. The van der Waals surface area contributed by atoms with Gasteiger partial charge < -0.3 is 14.8 Å². The van der Waals surface area contributed by atoms with E-state index in [1.165, 1.54) is 11.8 Å². The SMILES string of the molecule is COc1ccc(CNC(=O)CSc2nccn2-c2ccccc2C)c(OC)c1. The average molecular weight is 398 g/mol. The second-order valence-corrected chi connectivity index (χ2v) is 7.05. The number of nitrogens with one attached hydrogen (secondary N) is 1. The van der Waals surface area contributed by atoms with Crippen molar-refractivity contribution in [2.24, 2.45) is 0 Å². The van der Waals surface area contributed by atoms with Crippen molar-refractivity contribution in [3.63, 3.8) is 0 Å². The molecule has 0 fully saturated rings. The molecule has 3 rings (SSSR count). The molecule has 28 heavy (non-hydrogen) atoms. The molecule has 0 aliphatic rings. The van der Waals surface area contributed by atoms with E-state index in [4.69, 9.17) is 9.47 Å². The highest BCUT2D eigenvalue weighted by molar-refractivity contribution is 7.99. The monoisotopic (exact) mass is 397 g/mol. The van der Waals surface area contributed by atoms with Gasteiger partial charge in [0.05, 0.1) is 25.7 Å². The third kappa shape index (κ3) is 4.67. The Kier molecular flexibility index (Phi) is 6.60. The molecule has 0 aliphatic carbocycles. The van der Waals surface area contributed by atoms with Crippen LogP contribution in [0.15, 0.2) is 60.0 Å². The van der Waals surface area contributed by atoms with E-state index in [2.05, 4.69) is 23.3 Å². The first-order valence-corrected chi connectivity index (χ1v) is 9.80. The maximum atomic E-state index is 12.3. The van der Waals surface area contributed by atoms with Crippen LogP contribution in [0.1, 0.15) is 11.1 Å². The van der Waals surface area contributed by atoms with Crippen LogP contribution in [0.25, 0.3) is 5.69 Å². The summed E-state index contributed by atoms with van der Waals surface area (Å²) in [6, 6.07) is 13.6. The van der Waals surface area contributed by atoms with Crippen molar-refractivity contribution in [3.8, 4) is 17.2 Å². The number of rotatable bonds is 8. The number of imidazole rings is 1. The topological polar surface area (TPSA) is 65.4 Å². The number of benzene rings is 2. The van der Waals surface area contributed by atoms with Gasteiger partial charge in [-0.2, -0.15) is 0 Å². The van der Waals surface area contributed by atoms with Crippen LogP contribution in [-0.4, -0.2) is 35.4 Å². The summed E-state index contributed by atoms with van der Waals surface area (Å²) in [7, 11) is 3.20. The summed E-state index contributed by atoms with van der Waals surface area (Å²) in [5.74, 6) is 1.61. The molecule has 0 atom stereocenters. The lowest BCUT2D eigenvalue weighted by molar-refractivity contribution is -0.118. The summed E-state index contributed by atoms with van der Waals surface area (Å²) < 4.78 is 12.6. The number of aromatic nitrogens is 2. The van der Waals surface area contributed by atoms with Gasteiger partial charge in [-0.15, -0.1) is 0 Å². The number of methoxy groups -OCH3 is 2. The van der Waals surface area contributed by atoms with Gasteiger partial charge >= 0.3 is 0 Å².